The SMILES string of the molecule is C/C=C/CCNCc1c(C)nn(C)c1C. The first kappa shape index (κ1) is 12.0. The van der Waals surface area contributed by atoms with Gasteiger partial charge in [-0.2, -0.15) is 5.10 Å². The molecule has 0 fully saturated rings. The third-order valence-electron chi connectivity index (χ3n) is 2.68. The Labute approximate surface area is 92.2 Å². The molecular weight excluding hydrogens is 186 g/mol. The lowest BCUT2D eigenvalue weighted by Crippen LogP contribution is -2.15. The minimum Gasteiger partial charge on any atom is -0.312 e. The molecule has 0 aromatic carbocycles. The zero-order valence-electron chi connectivity index (χ0n) is 10.2. The summed E-state index contributed by atoms with van der Waals surface area (Å²) in [6.07, 6.45) is 5.35. The minimum absolute atomic E-state index is 0.920. The summed E-state index contributed by atoms with van der Waals surface area (Å²) in [5, 5.41) is 7.82. The van der Waals surface area contributed by atoms with Gasteiger partial charge in [0.25, 0.3) is 0 Å². The Kier molecular flexibility index (Phi) is 4.56. The van der Waals surface area contributed by atoms with Crippen LogP contribution in [0.15, 0.2) is 12.2 Å². The number of aryl methyl sites for hydroxylation is 2. The fraction of sp³-hybridized carbons (Fsp3) is 0.583. The molecule has 0 aliphatic rings. The van der Waals surface area contributed by atoms with E-state index < -0.39 is 0 Å². The summed E-state index contributed by atoms with van der Waals surface area (Å²) in [7, 11) is 1.99. The molecule has 1 aromatic rings. The van der Waals surface area contributed by atoms with Gasteiger partial charge in [-0.1, -0.05) is 12.2 Å². The highest BCUT2D eigenvalue weighted by molar-refractivity contribution is 5.23. The van der Waals surface area contributed by atoms with E-state index in [9.17, 15) is 0 Å². The fourth-order valence-electron chi connectivity index (χ4n) is 1.64. The fourth-order valence-corrected chi connectivity index (χ4v) is 1.64. The average Bonchev–Trinajstić information content (AvgIpc) is 2.44. The molecule has 0 saturated heterocycles. The van der Waals surface area contributed by atoms with Gasteiger partial charge < -0.3 is 5.32 Å². The van der Waals surface area contributed by atoms with Gasteiger partial charge in [0, 0.05) is 24.8 Å². The molecule has 0 atom stereocenters. The molecule has 84 valence electrons. The minimum atomic E-state index is 0.920. The first-order valence-electron chi connectivity index (χ1n) is 5.47. The monoisotopic (exact) mass is 207 g/mol. The molecule has 3 nitrogen and oxygen atoms in total. The molecule has 0 aliphatic heterocycles. The Morgan fingerprint density at radius 2 is 2.13 bits per heavy atom. The van der Waals surface area contributed by atoms with E-state index in [0.29, 0.717) is 0 Å². The molecule has 1 rings (SSSR count). The van der Waals surface area contributed by atoms with Gasteiger partial charge in [-0.15, -0.1) is 0 Å². The second kappa shape index (κ2) is 5.71. The molecule has 0 amide bonds. The highest BCUT2D eigenvalue weighted by atomic mass is 15.3. The molecule has 3 heteroatoms. The van der Waals surface area contributed by atoms with Gasteiger partial charge in [0.15, 0.2) is 0 Å². The third-order valence-corrected chi connectivity index (χ3v) is 2.68. The van der Waals surface area contributed by atoms with Crippen LogP contribution in [-0.2, 0) is 13.6 Å². The summed E-state index contributed by atoms with van der Waals surface area (Å²) in [6.45, 7) is 8.18. The van der Waals surface area contributed by atoms with Crippen molar-refractivity contribution in [2.45, 2.75) is 33.7 Å². The number of rotatable bonds is 5. The van der Waals surface area contributed by atoms with Gasteiger partial charge in [-0.25, -0.2) is 0 Å². The summed E-state index contributed by atoms with van der Waals surface area (Å²) in [4.78, 5) is 0. The summed E-state index contributed by atoms with van der Waals surface area (Å²) in [6, 6.07) is 0. The van der Waals surface area contributed by atoms with Crippen LogP contribution in [-0.4, -0.2) is 16.3 Å². The van der Waals surface area contributed by atoms with Crippen LogP contribution in [0.2, 0.25) is 0 Å². The predicted molar refractivity (Wildman–Crippen MR) is 63.8 cm³/mol. The Bertz CT molecular complexity index is 337. The number of aromatic nitrogens is 2. The normalized spacial score (nSPS) is 11.5. The van der Waals surface area contributed by atoms with Crippen LogP contribution < -0.4 is 5.32 Å². The number of hydrogen-bond acceptors (Lipinski definition) is 2. The van der Waals surface area contributed by atoms with E-state index in [0.717, 1.165) is 25.2 Å². The molecule has 0 bridgehead atoms. The van der Waals surface area contributed by atoms with Gasteiger partial charge in [0.1, 0.15) is 0 Å². The highest BCUT2D eigenvalue weighted by Crippen LogP contribution is 2.10. The Morgan fingerprint density at radius 1 is 1.40 bits per heavy atom. The van der Waals surface area contributed by atoms with Gasteiger partial charge in [-0.05, 0) is 33.7 Å². The van der Waals surface area contributed by atoms with Crippen molar-refractivity contribution in [3.63, 3.8) is 0 Å². The largest absolute Gasteiger partial charge is 0.312 e. The van der Waals surface area contributed by atoms with Crippen LogP contribution in [0.25, 0.3) is 0 Å². The van der Waals surface area contributed by atoms with Crippen LogP contribution in [0.1, 0.15) is 30.3 Å². The van der Waals surface area contributed by atoms with Crippen molar-refractivity contribution in [1.29, 1.82) is 0 Å². The highest BCUT2D eigenvalue weighted by Gasteiger charge is 2.07. The number of allylic oxidation sites excluding steroid dienone is 1. The van der Waals surface area contributed by atoms with Crippen LogP contribution in [0, 0.1) is 13.8 Å². The van der Waals surface area contributed by atoms with E-state index in [1.807, 2.05) is 11.7 Å². The molecule has 1 N–H and O–H groups in total. The van der Waals surface area contributed by atoms with Crippen LogP contribution >= 0.6 is 0 Å². The van der Waals surface area contributed by atoms with Gasteiger partial charge in [0.05, 0.1) is 5.69 Å². The molecule has 15 heavy (non-hydrogen) atoms. The lowest BCUT2D eigenvalue weighted by atomic mass is 10.2. The smallest absolute Gasteiger partial charge is 0.0641 e. The quantitative estimate of drug-likeness (QED) is 0.592. The van der Waals surface area contributed by atoms with E-state index >= 15 is 0 Å². The first-order valence-corrected chi connectivity index (χ1v) is 5.47. The van der Waals surface area contributed by atoms with Crippen molar-refractivity contribution >= 4 is 0 Å². The second-order valence-corrected chi connectivity index (χ2v) is 3.81. The van der Waals surface area contributed by atoms with Crippen molar-refractivity contribution in [3.8, 4) is 0 Å². The van der Waals surface area contributed by atoms with Crippen molar-refractivity contribution in [2.75, 3.05) is 6.54 Å². The molecular formula is C12H21N3. The standard InChI is InChI=1S/C12H21N3/c1-5-6-7-8-13-9-12-10(2)14-15(4)11(12)3/h5-6,13H,7-9H2,1-4H3/b6-5+. The van der Waals surface area contributed by atoms with E-state index in [4.69, 9.17) is 0 Å². The Morgan fingerprint density at radius 3 is 2.67 bits per heavy atom. The second-order valence-electron chi connectivity index (χ2n) is 3.81. The lowest BCUT2D eigenvalue weighted by molar-refractivity contribution is 0.686. The summed E-state index contributed by atoms with van der Waals surface area (Å²) in [5.74, 6) is 0. The van der Waals surface area contributed by atoms with Crippen molar-refractivity contribution < 1.29 is 0 Å². The van der Waals surface area contributed by atoms with Gasteiger partial charge >= 0.3 is 0 Å². The third kappa shape index (κ3) is 3.20. The molecule has 1 aromatic heterocycles. The van der Waals surface area contributed by atoms with E-state index in [1.54, 1.807) is 0 Å². The Balaban J connectivity index is 2.43. The lowest BCUT2D eigenvalue weighted by Gasteiger charge is -2.03. The number of nitrogens with zero attached hydrogens (tertiary/aromatic N) is 2. The summed E-state index contributed by atoms with van der Waals surface area (Å²) >= 11 is 0. The molecule has 0 unspecified atom stereocenters. The first-order chi connectivity index (χ1) is 7.16. The van der Waals surface area contributed by atoms with Crippen LogP contribution in [0.3, 0.4) is 0 Å². The van der Waals surface area contributed by atoms with Crippen molar-refractivity contribution in [3.05, 3.63) is 29.1 Å². The summed E-state index contributed by atoms with van der Waals surface area (Å²) in [5.41, 5.74) is 3.72. The maximum Gasteiger partial charge on any atom is 0.0641 e. The van der Waals surface area contributed by atoms with Crippen molar-refractivity contribution in [1.82, 2.24) is 15.1 Å². The number of hydrogen-bond donors (Lipinski definition) is 1. The zero-order valence-corrected chi connectivity index (χ0v) is 10.2. The van der Waals surface area contributed by atoms with Gasteiger partial charge in [-0.3, -0.25) is 4.68 Å². The maximum atomic E-state index is 4.39. The molecule has 0 aliphatic carbocycles. The maximum absolute atomic E-state index is 4.39. The molecule has 0 radical (unpaired) electrons. The predicted octanol–water partition coefficient (Wildman–Crippen LogP) is 2.09. The molecule has 0 saturated carbocycles. The molecule has 0 spiro atoms. The molecule has 1 heterocycles. The van der Waals surface area contributed by atoms with E-state index in [1.165, 1.54) is 11.3 Å². The summed E-state index contributed by atoms with van der Waals surface area (Å²) < 4.78 is 1.94. The zero-order chi connectivity index (χ0) is 11.3. The van der Waals surface area contributed by atoms with Crippen LogP contribution in [0.5, 0.6) is 0 Å². The number of nitrogens with one attached hydrogen (secondary N) is 1. The van der Waals surface area contributed by atoms with Gasteiger partial charge in [0.2, 0.25) is 0 Å². The van der Waals surface area contributed by atoms with E-state index in [-0.39, 0.29) is 0 Å². The topological polar surface area (TPSA) is 29.9 Å². The van der Waals surface area contributed by atoms with Crippen LogP contribution in [0.4, 0.5) is 0 Å². The van der Waals surface area contributed by atoms with E-state index in [2.05, 4.69) is 43.3 Å². The Hall–Kier alpha value is -1.09. The average molecular weight is 207 g/mol. The van der Waals surface area contributed by atoms with Crippen molar-refractivity contribution in [2.24, 2.45) is 7.05 Å².